The lowest BCUT2D eigenvalue weighted by atomic mass is 9.82. The maximum absolute atomic E-state index is 14.6. The van der Waals surface area contributed by atoms with Crippen molar-refractivity contribution in [2.75, 3.05) is 57.7 Å². The van der Waals surface area contributed by atoms with Crippen LogP contribution in [0.1, 0.15) is 42.4 Å². The van der Waals surface area contributed by atoms with Gasteiger partial charge >= 0.3 is 12.1 Å². The summed E-state index contributed by atoms with van der Waals surface area (Å²) < 4.78 is 1.88. The molecule has 0 aliphatic carbocycles. The van der Waals surface area contributed by atoms with E-state index in [2.05, 4.69) is 47.4 Å². The van der Waals surface area contributed by atoms with Crippen molar-refractivity contribution < 1.29 is 19.5 Å². The number of fused-ring (bicyclic) bond motifs is 1. The number of carbonyl (C=O) groups is 3. The van der Waals surface area contributed by atoms with Gasteiger partial charge in [0.05, 0.1) is 5.92 Å². The third-order valence-electron chi connectivity index (χ3n) is 10.5. The summed E-state index contributed by atoms with van der Waals surface area (Å²) in [4.78, 5) is 48.6. The van der Waals surface area contributed by atoms with Crippen molar-refractivity contribution in [3.63, 3.8) is 0 Å². The number of nitrogens with zero attached hydrogens (tertiary/aromatic N) is 4. The van der Waals surface area contributed by atoms with Crippen molar-refractivity contribution in [1.29, 1.82) is 0 Å². The number of halogens is 2. The number of anilines is 1. The highest BCUT2D eigenvalue weighted by atomic mass is 79.9. The smallest absolute Gasteiger partial charge is 0.407 e. The molecule has 0 bridgehead atoms. The summed E-state index contributed by atoms with van der Waals surface area (Å²) in [5, 5.41) is 16.9. The number of para-hydroxylation sites is 1. The fourth-order valence-corrected chi connectivity index (χ4v) is 9.07. The van der Waals surface area contributed by atoms with E-state index in [1.807, 2.05) is 53.1 Å². The molecule has 2 aromatic carbocycles. The Balaban J connectivity index is 1.26. The van der Waals surface area contributed by atoms with Gasteiger partial charge in [0.25, 0.3) is 0 Å². The first-order chi connectivity index (χ1) is 22.2. The number of piperazine rings is 1. The van der Waals surface area contributed by atoms with Crippen molar-refractivity contribution in [2.45, 2.75) is 63.6 Å². The third-order valence-corrected chi connectivity index (χ3v) is 12.1. The zero-order valence-corrected chi connectivity index (χ0v) is 29.6. The predicted octanol–water partition coefficient (Wildman–Crippen LogP) is 5.18. The molecule has 10 nitrogen and oxygen atoms in total. The van der Waals surface area contributed by atoms with Crippen LogP contribution in [0.2, 0.25) is 0 Å². The van der Waals surface area contributed by atoms with Gasteiger partial charge in [0, 0.05) is 72.0 Å². The molecule has 0 aromatic heterocycles. The van der Waals surface area contributed by atoms with E-state index in [1.54, 1.807) is 0 Å². The summed E-state index contributed by atoms with van der Waals surface area (Å²) in [6, 6.07) is 11.6. The van der Waals surface area contributed by atoms with E-state index in [4.69, 9.17) is 0 Å². The summed E-state index contributed by atoms with van der Waals surface area (Å²) in [6.45, 7) is 7.83. The van der Waals surface area contributed by atoms with Crippen LogP contribution in [0, 0.1) is 12.8 Å². The normalized spacial score (nSPS) is 23.8. The van der Waals surface area contributed by atoms with Gasteiger partial charge in [-0.2, -0.15) is 0 Å². The number of amides is 4. The lowest BCUT2D eigenvalue weighted by molar-refractivity contribution is -0.140. The molecule has 0 spiro atoms. The van der Waals surface area contributed by atoms with Crippen LogP contribution >= 0.6 is 31.9 Å². The van der Waals surface area contributed by atoms with Gasteiger partial charge in [0.2, 0.25) is 5.91 Å². The van der Waals surface area contributed by atoms with Crippen LogP contribution in [0.5, 0.6) is 0 Å². The first-order valence-corrected chi connectivity index (χ1v) is 18.1. The van der Waals surface area contributed by atoms with Crippen LogP contribution in [0.3, 0.4) is 0 Å². The Hall–Kier alpha value is -2.67. The molecule has 3 fully saturated rings. The lowest BCUT2D eigenvalue weighted by Gasteiger charge is -2.46. The van der Waals surface area contributed by atoms with Crippen LogP contribution in [0.4, 0.5) is 15.3 Å². The van der Waals surface area contributed by atoms with Gasteiger partial charge in [-0.15, -0.1) is 0 Å². The number of carbonyl (C=O) groups excluding carboxylic acids is 2. The molecule has 4 aliphatic heterocycles. The molecule has 3 saturated heterocycles. The number of piperidine rings is 2. The van der Waals surface area contributed by atoms with Gasteiger partial charge in [-0.25, -0.2) is 9.59 Å². The van der Waals surface area contributed by atoms with E-state index < -0.39 is 18.1 Å². The van der Waals surface area contributed by atoms with Gasteiger partial charge in [0.15, 0.2) is 0 Å². The fourth-order valence-electron chi connectivity index (χ4n) is 7.79. The predicted molar refractivity (Wildman–Crippen MR) is 185 cm³/mol. The number of rotatable bonds is 6. The maximum Gasteiger partial charge on any atom is 0.407 e. The molecule has 2 aromatic rings. The molecule has 0 radical (unpaired) electrons. The summed E-state index contributed by atoms with van der Waals surface area (Å²) in [5.41, 5.74) is 3.94. The van der Waals surface area contributed by atoms with E-state index in [0.29, 0.717) is 51.4 Å². The van der Waals surface area contributed by atoms with Crippen molar-refractivity contribution in [1.82, 2.24) is 24.9 Å². The summed E-state index contributed by atoms with van der Waals surface area (Å²) in [7, 11) is 0. The maximum atomic E-state index is 14.6. The highest BCUT2D eigenvalue weighted by molar-refractivity contribution is 9.11. The Bertz CT molecular complexity index is 1420. The van der Waals surface area contributed by atoms with Crippen LogP contribution in [-0.4, -0.2) is 113 Å². The van der Waals surface area contributed by atoms with Gasteiger partial charge < -0.3 is 30.4 Å². The molecule has 4 amide bonds. The lowest BCUT2D eigenvalue weighted by Crippen LogP contribution is -2.60. The van der Waals surface area contributed by atoms with Crippen molar-refractivity contribution in [3.8, 4) is 0 Å². The van der Waals surface area contributed by atoms with Gasteiger partial charge in [-0.05, 0) is 93.4 Å². The number of hydrogen-bond acceptors (Lipinski definition) is 5. The molecular weight excluding hydrogens is 716 g/mol. The molecule has 3 atom stereocenters. The average Bonchev–Trinajstić information content (AvgIpc) is 3.24. The van der Waals surface area contributed by atoms with E-state index in [-0.39, 0.29) is 24.5 Å². The largest absolute Gasteiger partial charge is 0.465 e. The molecule has 6 rings (SSSR count). The van der Waals surface area contributed by atoms with E-state index in [9.17, 15) is 19.5 Å². The Morgan fingerprint density at radius 1 is 0.957 bits per heavy atom. The third kappa shape index (κ3) is 7.24. The first-order valence-electron chi connectivity index (χ1n) is 16.5. The van der Waals surface area contributed by atoms with Crippen molar-refractivity contribution in [3.05, 3.63) is 62.0 Å². The van der Waals surface area contributed by atoms with Gasteiger partial charge in [-0.3, -0.25) is 9.69 Å². The molecule has 0 saturated carbocycles. The van der Waals surface area contributed by atoms with Crippen LogP contribution in [0.25, 0.3) is 0 Å². The zero-order chi connectivity index (χ0) is 32.4. The Morgan fingerprint density at radius 3 is 2.35 bits per heavy atom. The second-order valence-electron chi connectivity index (χ2n) is 13.1. The molecule has 248 valence electrons. The minimum absolute atomic E-state index is 0.00223. The second-order valence-corrected chi connectivity index (χ2v) is 14.8. The second kappa shape index (κ2) is 14.6. The summed E-state index contributed by atoms with van der Waals surface area (Å²) in [6.07, 6.45) is 3.30. The standard InChI is InChI=1S/C34H44Br2N6O4/c1-22-28(35)19-23(20-29(22)36)18-27(32(43)40-16-14-39(15-17-40)25-6-10-37-11-7-25)31-21-26(9-13-42(31)34(45)46)41-12-8-24-4-2-3-5-30(24)38-33(41)44/h2-5,19-20,25-27,31,37H,6-18,21H2,1H3,(H,38,44)(H,45,46)/t26?,27?,31-/m1/s1. The number of hydrogen-bond donors (Lipinski definition) is 3. The Kier molecular flexibility index (Phi) is 10.6. The van der Waals surface area contributed by atoms with Crippen LogP contribution in [-0.2, 0) is 17.6 Å². The topological polar surface area (TPSA) is 108 Å². The van der Waals surface area contributed by atoms with Gasteiger partial charge in [0.1, 0.15) is 0 Å². The molecule has 12 heteroatoms. The van der Waals surface area contributed by atoms with Gasteiger partial charge in [-0.1, -0.05) is 50.1 Å². The number of carboxylic acid groups (broad SMARTS) is 1. The molecule has 46 heavy (non-hydrogen) atoms. The highest BCUT2D eigenvalue weighted by Crippen LogP contribution is 2.34. The number of urea groups is 1. The van der Waals surface area contributed by atoms with Crippen molar-refractivity contribution in [2.24, 2.45) is 5.92 Å². The van der Waals surface area contributed by atoms with Crippen LogP contribution in [0.15, 0.2) is 45.3 Å². The Labute approximate surface area is 288 Å². The number of likely N-dealkylation sites (tertiary alicyclic amines) is 1. The molecule has 4 aliphatic rings. The zero-order valence-electron chi connectivity index (χ0n) is 26.4. The molecule has 2 unspecified atom stereocenters. The SMILES string of the molecule is Cc1c(Br)cc(CC(C(=O)N2CCN(C3CCNCC3)CC2)[C@H]2CC(N3CCc4ccccc4NC3=O)CCN2C(=O)O)cc1Br. The number of nitrogens with one attached hydrogen (secondary N) is 2. The van der Waals surface area contributed by atoms with Crippen molar-refractivity contribution >= 4 is 55.6 Å². The minimum Gasteiger partial charge on any atom is -0.465 e. The summed E-state index contributed by atoms with van der Waals surface area (Å²) >= 11 is 7.35. The van der Waals surface area contributed by atoms with E-state index in [0.717, 1.165) is 70.3 Å². The van der Waals surface area contributed by atoms with E-state index in [1.165, 1.54) is 4.90 Å². The highest BCUT2D eigenvalue weighted by Gasteiger charge is 2.44. The monoisotopic (exact) mass is 758 g/mol. The minimum atomic E-state index is -1.02. The average molecular weight is 761 g/mol. The molecule has 4 heterocycles. The first kappa shape index (κ1) is 33.2. The van der Waals surface area contributed by atoms with E-state index >= 15 is 0 Å². The number of benzene rings is 2. The quantitative estimate of drug-likeness (QED) is 0.375. The molecular formula is C34H44Br2N6O4. The van der Waals surface area contributed by atoms with Crippen LogP contribution < -0.4 is 10.6 Å². The Morgan fingerprint density at radius 2 is 1.65 bits per heavy atom. The summed E-state index contributed by atoms with van der Waals surface area (Å²) in [5.74, 6) is -0.583. The molecule has 3 N–H and O–H groups in total. The fraction of sp³-hybridized carbons (Fsp3) is 0.559.